The van der Waals surface area contributed by atoms with Crippen LogP contribution in [0, 0.1) is 0 Å². The van der Waals surface area contributed by atoms with Crippen LogP contribution in [0.4, 0.5) is 0 Å². The molecule has 0 spiro atoms. The van der Waals surface area contributed by atoms with Crippen LogP contribution in [0.15, 0.2) is 47.0 Å². The second kappa shape index (κ2) is 4.70. The van der Waals surface area contributed by atoms with Crippen LogP contribution in [0.3, 0.4) is 0 Å². The smallest absolute Gasteiger partial charge is 0.336 e. The summed E-state index contributed by atoms with van der Waals surface area (Å²) >= 11 is 0. The minimum absolute atomic E-state index is 0.255. The molecule has 1 N–H and O–H groups in total. The second-order valence-corrected chi connectivity index (χ2v) is 4.90. The van der Waals surface area contributed by atoms with Crippen molar-refractivity contribution < 1.29 is 19.1 Å². The molecule has 0 unspecified atom stereocenters. The maximum Gasteiger partial charge on any atom is 0.336 e. The second-order valence-electron chi connectivity index (χ2n) is 4.90. The molecule has 0 atom stereocenters. The molecule has 1 aliphatic carbocycles. The SMILES string of the molecule is O=C(O)c1ccnc2c1CC(Oc1ccc3ncoc3c1)=C2. The van der Waals surface area contributed by atoms with E-state index in [-0.39, 0.29) is 5.56 Å². The van der Waals surface area contributed by atoms with Crippen molar-refractivity contribution in [2.45, 2.75) is 6.42 Å². The number of oxazole rings is 1. The zero-order valence-corrected chi connectivity index (χ0v) is 11.3. The number of pyridine rings is 1. The molecule has 0 bridgehead atoms. The molecular formula is C16H10N2O4. The number of carboxylic acid groups (broad SMARTS) is 1. The maximum absolute atomic E-state index is 11.2. The molecule has 1 aliphatic rings. The van der Waals surface area contributed by atoms with Gasteiger partial charge in [-0.1, -0.05) is 0 Å². The monoisotopic (exact) mass is 294 g/mol. The number of nitrogens with zero attached hydrogens (tertiary/aromatic N) is 2. The molecule has 2 aromatic heterocycles. The van der Waals surface area contributed by atoms with E-state index in [4.69, 9.17) is 9.15 Å². The number of hydrogen-bond donors (Lipinski definition) is 1. The van der Waals surface area contributed by atoms with Gasteiger partial charge in [0.05, 0.1) is 11.3 Å². The van der Waals surface area contributed by atoms with E-state index in [1.54, 1.807) is 24.3 Å². The molecule has 0 saturated carbocycles. The topological polar surface area (TPSA) is 85.5 Å². The highest BCUT2D eigenvalue weighted by Gasteiger charge is 2.22. The quantitative estimate of drug-likeness (QED) is 0.799. The minimum atomic E-state index is -0.962. The summed E-state index contributed by atoms with van der Waals surface area (Å²) in [5.74, 6) is 0.298. The third kappa shape index (κ3) is 2.01. The summed E-state index contributed by atoms with van der Waals surface area (Å²) in [7, 11) is 0. The van der Waals surface area contributed by atoms with Crippen molar-refractivity contribution in [3.05, 3.63) is 59.4 Å². The lowest BCUT2D eigenvalue weighted by Gasteiger charge is -2.06. The normalized spacial score (nSPS) is 13.0. The Morgan fingerprint density at radius 1 is 1.27 bits per heavy atom. The molecular weight excluding hydrogens is 284 g/mol. The number of hydrogen-bond acceptors (Lipinski definition) is 5. The molecule has 3 aromatic rings. The molecule has 0 amide bonds. The van der Waals surface area contributed by atoms with E-state index in [9.17, 15) is 9.90 Å². The van der Waals surface area contributed by atoms with Crippen molar-refractivity contribution in [3.8, 4) is 5.75 Å². The first-order valence-electron chi connectivity index (χ1n) is 6.63. The molecule has 1 aromatic carbocycles. The van der Waals surface area contributed by atoms with E-state index in [0.717, 1.165) is 5.52 Å². The van der Waals surface area contributed by atoms with Crippen LogP contribution in [0.5, 0.6) is 5.75 Å². The van der Waals surface area contributed by atoms with E-state index >= 15 is 0 Å². The standard InChI is InChI=1S/C16H10N2O4/c19-16(20)11-3-4-17-14-6-10(5-12(11)14)22-9-1-2-13-15(7-9)21-8-18-13/h1-4,6-8H,5H2,(H,19,20). The summed E-state index contributed by atoms with van der Waals surface area (Å²) in [6.45, 7) is 0. The van der Waals surface area contributed by atoms with Crippen molar-refractivity contribution in [2.24, 2.45) is 0 Å². The van der Waals surface area contributed by atoms with Crippen LogP contribution in [0.25, 0.3) is 17.2 Å². The lowest BCUT2D eigenvalue weighted by molar-refractivity contribution is 0.0695. The first-order valence-corrected chi connectivity index (χ1v) is 6.63. The number of fused-ring (bicyclic) bond motifs is 2. The van der Waals surface area contributed by atoms with Gasteiger partial charge in [0, 0.05) is 24.8 Å². The third-order valence-corrected chi connectivity index (χ3v) is 3.52. The zero-order valence-electron chi connectivity index (χ0n) is 11.3. The fraction of sp³-hybridized carbons (Fsp3) is 0.0625. The highest BCUT2D eigenvalue weighted by molar-refractivity contribution is 5.91. The number of carbonyl (C=O) groups is 1. The summed E-state index contributed by atoms with van der Waals surface area (Å²) in [6.07, 6.45) is 5.02. The number of aromatic carboxylic acids is 1. The summed E-state index contributed by atoms with van der Waals surface area (Å²) < 4.78 is 11.0. The average Bonchev–Trinajstić information content (AvgIpc) is 3.11. The average molecular weight is 294 g/mol. The first kappa shape index (κ1) is 12.6. The highest BCUT2D eigenvalue weighted by atomic mass is 16.5. The highest BCUT2D eigenvalue weighted by Crippen LogP contribution is 2.29. The van der Waals surface area contributed by atoms with Crippen molar-refractivity contribution in [2.75, 3.05) is 0 Å². The predicted octanol–water partition coefficient (Wildman–Crippen LogP) is 2.90. The maximum atomic E-state index is 11.2. The van der Waals surface area contributed by atoms with Crippen molar-refractivity contribution in [3.63, 3.8) is 0 Å². The van der Waals surface area contributed by atoms with Crippen molar-refractivity contribution in [1.29, 1.82) is 0 Å². The Morgan fingerprint density at radius 2 is 2.18 bits per heavy atom. The summed E-state index contributed by atoms with van der Waals surface area (Å²) in [5.41, 5.74) is 2.95. The molecule has 6 nitrogen and oxygen atoms in total. The molecule has 22 heavy (non-hydrogen) atoms. The number of ether oxygens (including phenoxy) is 1. The van der Waals surface area contributed by atoms with Crippen molar-refractivity contribution in [1.82, 2.24) is 9.97 Å². The van der Waals surface area contributed by atoms with Crippen LogP contribution in [-0.2, 0) is 6.42 Å². The van der Waals surface area contributed by atoms with Gasteiger partial charge in [-0.25, -0.2) is 9.78 Å². The Kier molecular flexibility index (Phi) is 2.69. The van der Waals surface area contributed by atoms with Gasteiger partial charge >= 0.3 is 5.97 Å². The largest absolute Gasteiger partial charge is 0.478 e. The molecule has 108 valence electrons. The first-order chi connectivity index (χ1) is 10.7. The van der Waals surface area contributed by atoms with Crippen LogP contribution in [0.2, 0.25) is 0 Å². The Morgan fingerprint density at radius 3 is 3.05 bits per heavy atom. The van der Waals surface area contributed by atoms with Gasteiger partial charge < -0.3 is 14.3 Å². The lowest BCUT2D eigenvalue weighted by atomic mass is 10.1. The lowest BCUT2D eigenvalue weighted by Crippen LogP contribution is -2.04. The molecule has 4 rings (SSSR count). The number of rotatable bonds is 3. The summed E-state index contributed by atoms with van der Waals surface area (Å²) in [4.78, 5) is 19.5. The predicted molar refractivity (Wildman–Crippen MR) is 77.5 cm³/mol. The van der Waals surface area contributed by atoms with Gasteiger partial charge in [-0.05, 0) is 23.8 Å². The van der Waals surface area contributed by atoms with Gasteiger partial charge in [0.15, 0.2) is 12.0 Å². The number of allylic oxidation sites excluding steroid dienone is 1. The van der Waals surface area contributed by atoms with E-state index in [1.807, 2.05) is 0 Å². The Bertz CT molecular complexity index is 927. The molecule has 0 fully saturated rings. The molecule has 0 saturated heterocycles. The third-order valence-electron chi connectivity index (χ3n) is 3.52. The van der Waals surface area contributed by atoms with E-state index < -0.39 is 5.97 Å². The molecule has 2 heterocycles. The Labute approximate surface area is 124 Å². The van der Waals surface area contributed by atoms with Gasteiger partial charge in [0.2, 0.25) is 0 Å². The number of benzene rings is 1. The Balaban J connectivity index is 1.63. The van der Waals surface area contributed by atoms with Gasteiger partial charge in [0.25, 0.3) is 0 Å². The van der Waals surface area contributed by atoms with Crippen LogP contribution in [0.1, 0.15) is 21.6 Å². The van der Waals surface area contributed by atoms with E-state index in [1.165, 1.54) is 18.7 Å². The minimum Gasteiger partial charge on any atom is -0.478 e. The molecule has 6 heteroatoms. The van der Waals surface area contributed by atoms with Gasteiger partial charge in [0.1, 0.15) is 17.0 Å². The van der Waals surface area contributed by atoms with Crippen LogP contribution < -0.4 is 4.74 Å². The summed E-state index contributed by atoms with van der Waals surface area (Å²) in [5, 5.41) is 9.21. The van der Waals surface area contributed by atoms with Crippen LogP contribution >= 0.6 is 0 Å². The van der Waals surface area contributed by atoms with Gasteiger partial charge in [-0.2, -0.15) is 0 Å². The van der Waals surface area contributed by atoms with E-state index in [0.29, 0.717) is 34.8 Å². The summed E-state index contributed by atoms with van der Waals surface area (Å²) in [6, 6.07) is 6.84. The fourth-order valence-corrected chi connectivity index (χ4v) is 2.51. The zero-order chi connectivity index (χ0) is 15.1. The Hall–Kier alpha value is -3.15. The number of carboxylic acids is 1. The van der Waals surface area contributed by atoms with Gasteiger partial charge in [-0.15, -0.1) is 0 Å². The van der Waals surface area contributed by atoms with E-state index in [2.05, 4.69) is 9.97 Å². The van der Waals surface area contributed by atoms with Gasteiger partial charge in [-0.3, -0.25) is 4.98 Å². The molecule has 0 aliphatic heterocycles. The van der Waals surface area contributed by atoms with Crippen LogP contribution in [-0.4, -0.2) is 21.0 Å². The van der Waals surface area contributed by atoms with Crippen molar-refractivity contribution >= 4 is 23.1 Å². The fourth-order valence-electron chi connectivity index (χ4n) is 2.51. The molecule has 0 radical (unpaired) electrons. The number of aromatic nitrogens is 2.